The zero-order valence-corrected chi connectivity index (χ0v) is 19.5. The molecule has 2 N–H and O–H groups in total. The van der Waals surface area contributed by atoms with Crippen molar-refractivity contribution < 1.29 is 13.2 Å². The summed E-state index contributed by atoms with van der Waals surface area (Å²) in [7, 11) is -3.30. The van der Waals surface area contributed by atoms with Crippen molar-refractivity contribution in [1.82, 2.24) is 19.5 Å². The van der Waals surface area contributed by atoms with Gasteiger partial charge in [-0.3, -0.25) is 4.79 Å². The van der Waals surface area contributed by atoms with Crippen molar-refractivity contribution in [1.29, 1.82) is 5.26 Å². The van der Waals surface area contributed by atoms with Crippen LogP contribution in [0.15, 0.2) is 47.6 Å². The third-order valence-electron chi connectivity index (χ3n) is 6.44. The van der Waals surface area contributed by atoms with E-state index in [1.54, 1.807) is 18.3 Å². The van der Waals surface area contributed by atoms with E-state index in [1.807, 2.05) is 12.3 Å². The van der Waals surface area contributed by atoms with Crippen LogP contribution in [0.25, 0.3) is 22.1 Å². The normalized spacial score (nSPS) is 18.7. The van der Waals surface area contributed by atoms with E-state index in [2.05, 4.69) is 25.9 Å². The number of carbonyl (C=O) groups is 1. The molecular weight excluding hydrogens is 452 g/mol. The number of carbonyl (C=O) groups excluding carboxylic acids is 1. The highest BCUT2D eigenvalue weighted by molar-refractivity contribution is 7.90. The number of anilines is 1. The Morgan fingerprint density at radius 2 is 1.94 bits per heavy atom. The summed E-state index contributed by atoms with van der Waals surface area (Å²) in [6.07, 6.45) is 8.10. The third-order valence-corrected chi connectivity index (χ3v) is 7.57. The van der Waals surface area contributed by atoms with Crippen LogP contribution < -0.4 is 5.32 Å². The molecule has 34 heavy (non-hydrogen) atoms. The maximum atomic E-state index is 12.9. The summed E-state index contributed by atoms with van der Waals surface area (Å²) in [6.45, 7) is 0. The van der Waals surface area contributed by atoms with Crippen LogP contribution in [0.4, 0.5) is 5.69 Å². The number of nitrogens with one attached hydrogen (secondary N) is 2. The average molecular weight is 477 g/mol. The molecule has 3 heterocycles. The SMILES string of the molecule is CS(=O)(=O)c1ccc(NC(=O)Cc2nc3cnc4[nH]ccc4c3n2C2CCC(C#N)CC2)cc1. The largest absolute Gasteiger partial charge is 0.346 e. The number of nitrogens with zero attached hydrogens (tertiary/aromatic N) is 4. The molecule has 1 aliphatic rings. The van der Waals surface area contributed by atoms with E-state index < -0.39 is 9.84 Å². The second-order valence-corrected chi connectivity index (χ2v) is 10.8. The monoisotopic (exact) mass is 476 g/mol. The molecule has 3 aromatic heterocycles. The molecule has 1 amide bonds. The molecule has 0 atom stereocenters. The Labute approximate surface area is 196 Å². The van der Waals surface area contributed by atoms with Crippen LogP contribution in [0.2, 0.25) is 0 Å². The molecular formula is C24H24N6O3S. The molecule has 1 saturated carbocycles. The van der Waals surface area contributed by atoms with Gasteiger partial charge in [0.25, 0.3) is 0 Å². The minimum absolute atomic E-state index is 0.0621. The first-order chi connectivity index (χ1) is 16.3. The van der Waals surface area contributed by atoms with E-state index in [0.717, 1.165) is 54.0 Å². The number of hydrogen-bond donors (Lipinski definition) is 2. The van der Waals surface area contributed by atoms with Crippen LogP contribution in [-0.2, 0) is 21.1 Å². The summed E-state index contributed by atoms with van der Waals surface area (Å²) >= 11 is 0. The van der Waals surface area contributed by atoms with E-state index in [0.29, 0.717) is 11.5 Å². The van der Waals surface area contributed by atoms with E-state index in [4.69, 9.17) is 4.98 Å². The molecule has 0 saturated heterocycles. The molecule has 1 aliphatic carbocycles. The number of nitriles is 1. The van der Waals surface area contributed by atoms with Crippen molar-refractivity contribution in [3.63, 3.8) is 0 Å². The number of amides is 1. The molecule has 0 spiro atoms. The van der Waals surface area contributed by atoms with Crippen molar-refractivity contribution in [3.05, 3.63) is 48.5 Å². The zero-order chi connectivity index (χ0) is 23.9. The molecule has 1 fully saturated rings. The zero-order valence-electron chi connectivity index (χ0n) is 18.7. The van der Waals surface area contributed by atoms with Gasteiger partial charge in [-0.15, -0.1) is 0 Å². The van der Waals surface area contributed by atoms with Gasteiger partial charge in [0, 0.05) is 35.5 Å². The summed E-state index contributed by atoms with van der Waals surface area (Å²) in [6, 6.07) is 10.6. The summed E-state index contributed by atoms with van der Waals surface area (Å²) in [5, 5.41) is 13.1. The number of aromatic nitrogens is 4. The molecule has 5 rings (SSSR count). The first-order valence-electron chi connectivity index (χ1n) is 11.2. The smallest absolute Gasteiger partial charge is 0.231 e. The lowest BCUT2D eigenvalue weighted by molar-refractivity contribution is -0.115. The summed E-state index contributed by atoms with van der Waals surface area (Å²) in [5.41, 5.74) is 2.97. The van der Waals surface area contributed by atoms with Gasteiger partial charge < -0.3 is 14.9 Å². The van der Waals surface area contributed by atoms with Crippen molar-refractivity contribution in [2.45, 2.75) is 43.0 Å². The number of hydrogen-bond acceptors (Lipinski definition) is 6. The Balaban J connectivity index is 1.46. The lowest BCUT2D eigenvalue weighted by Crippen LogP contribution is -2.22. The second kappa shape index (κ2) is 8.57. The van der Waals surface area contributed by atoms with E-state index in [-0.39, 0.29) is 29.2 Å². The van der Waals surface area contributed by atoms with Gasteiger partial charge in [0.05, 0.1) is 29.1 Å². The van der Waals surface area contributed by atoms with Crippen LogP contribution in [0, 0.1) is 17.2 Å². The Morgan fingerprint density at radius 3 is 2.62 bits per heavy atom. The predicted octanol–water partition coefficient (Wildman–Crippen LogP) is 3.75. The fraction of sp³-hybridized carbons (Fsp3) is 0.333. The number of imidazole rings is 1. The van der Waals surface area contributed by atoms with Crippen LogP contribution in [0.5, 0.6) is 0 Å². The first kappa shape index (κ1) is 22.1. The Morgan fingerprint density at radius 1 is 1.21 bits per heavy atom. The van der Waals surface area contributed by atoms with Crippen LogP contribution in [0.3, 0.4) is 0 Å². The van der Waals surface area contributed by atoms with Crippen molar-refractivity contribution >= 4 is 43.5 Å². The Hall–Kier alpha value is -3.71. The highest BCUT2D eigenvalue weighted by Crippen LogP contribution is 2.37. The molecule has 10 heteroatoms. The number of pyridine rings is 1. The van der Waals surface area contributed by atoms with E-state index >= 15 is 0 Å². The highest BCUT2D eigenvalue weighted by Gasteiger charge is 2.27. The summed E-state index contributed by atoms with van der Waals surface area (Å²) in [5.74, 6) is 0.477. The lowest BCUT2D eigenvalue weighted by Gasteiger charge is -2.28. The number of sulfone groups is 1. The number of benzene rings is 1. The summed E-state index contributed by atoms with van der Waals surface area (Å²) in [4.78, 5) is 25.5. The van der Waals surface area contributed by atoms with Gasteiger partial charge in [0.15, 0.2) is 9.84 Å². The second-order valence-electron chi connectivity index (χ2n) is 8.79. The Bertz CT molecular complexity index is 1520. The standard InChI is InChI=1S/C24H24N6O3S/c1-34(32,33)18-8-4-16(5-9-18)28-22(31)12-21-29-20-14-27-24-19(10-11-26-24)23(20)30(21)17-6-2-15(13-25)3-7-17/h4-5,8-11,14-15,17H,2-3,6-7,12H2,1H3,(H,26,27)(H,28,31). The van der Waals surface area contributed by atoms with Gasteiger partial charge in [0.1, 0.15) is 17.0 Å². The summed E-state index contributed by atoms with van der Waals surface area (Å²) < 4.78 is 25.5. The average Bonchev–Trinajstić information content (AvgIpc) is 3.43. The van der Waals surface area contributed by atoms with Gasteiger partial charge in [-0.25, -0.2) is 18.4 Å². The molecule has 0 radical (unpaired) electrons. The fourth-order valence-electron chi connectivity index (χ4n) is 4.76. The van der Waals surface area contributed by atoms with Crippen LogP contribution >= 0.6 is 0 Å². The number of H-pyrrole nitrogens is 1. The van der Waals surface area contributed by atoms with Gasteiger partial charge in [-0.05, 0) is 56.0 Å². The fourth-order valence-corrected chi connectivity index (χ4v) is 5.39. The van der Waals surface area contributed by atoms with Gasteiger partial charge in [-0.2, -0.15) is 5.26 Å². The van der Waals surface area contributed by atoms with Crippen LogP contribution in [0.1, 0.15) is 37.5 Å². The minimum atomic E-state index is -3.30. The van der Waals surface area contributed by atoms with Crippen molar-refractivity contribution in [3.8, 4) is 6.07 Å². The maximum Gasteiger partial charge on any atom is 0.231 e. The van der Waals surface area contributed by atoms with E-state index in [9.17, 15) is 18.5 Å². The van der Waals surface area contributed by atoms with Gasteiger partial charge >= 0.3 is 0 Å². The molecule has 1 aromatic carbocycles. The molecule has 174 valence electrons. The molecule has 0 unspecified atom stereocenters. The molecule has 4 aromatic rings. The topological polar surface area (TPSA) is 134 Å². The first-order valence-corrected chi connectivity index (χ1v) is 13.0. The van der Waals surface area contributed by atoms with Gasteiger partial charge in [-0.1, -0.05) is 0 Å². The van der Waals surface area contributed by atoms with E-state index in [1.165, 1.54) is 12.1 Å². The highest BCUT2D eigenvalue weighted by atomic mass is 32.2. The molecule has 9 nitrogen and oxygen atoms in total. The van der Waals surface area contributed by atoms with Crippen molar-refractivity contribution in [2.75, 3.05) is 11.6 Å². The number of fused-ring (bicyclic) bond motifs is 3. The minimum Gasteiger partial charge on any atom is -0.346 e. The lowest BCUT2D eigenvalue weighted by atomic mass is 9.86. The van der Waals surface area contributed by atoms with Crippen LogP contribution in [-0.4, -0.2) is 40.1 Å². The third kappa shape index (κ3) is 4.15. The van der Waals surface area contributed by atoms with Crippen molar-refractivity contribution in [2.24, 2.45) is 5.92 Å². The Kier molecular flexibility index (Phi) is 5.57. The predicted molar refractivity (Wildman–Crippen MR) is 128 cm³/mol. The van der Waals surface area contributed by atoms with Gasteiger partial charge in [0.2, 0.25) is 5.91 Å². The number of aromatic amines is 1. The quantitative estimate of drug-likeness (QED) is 0.451. The maximum absolute atomic E-state index is 12.9. The molecule has 0 bridgehead atoms. The number of rotatable bonds is 5. The molecule has 0 aliphatic heterocycles.